The van der Waals surface area contributed by atoms with Crippen molar-refractivity contribution in [2.75, 3.05) is 0 Å². The first-order chi connectivity index (χ1) is 9.56. The highest BCUT2D eigenvalue weighted by molar-refractivity contribution is 5.85. The Morgan fingerprint density at radius 1 is 1.05 bits per heavy atom. The third kappa shape index (κ3) is 3.48. The van der Waals surface area contributed by atoms with Gasteiger partial charge in [0.25, 0.3) is 0 Å². The number of para-hydroxylation sites is 1. The van der Waals surface area contributed by atoms with Crippen molar-refractivity contribution in [1.29, 1.82) is 0 Å². The Bertz CT molecular complexity index is 620. The van der Waals surface area contributed by atoms with Crippen molar-refractivity contribution in [1.82, 2.24) is 0 Å². The molecular weight excluding hydrogens is 252 g/mol. The van der Waals surface area contributed by atoms with Gasteiger partial charge in [-0.3, -0.25) is 0 Å². The monoisotopic (exact) mass is 268 g/mol. The number of aryl methyl sites for hydroxylation is 2. The molecule has 0 aliphatic carbocycles. The molecule has 0 amide bonds. The molecule has 0 bridgehead atoms. The SMILES string of the molecule is Cc1cccc(C)c1Oc1ccc(C=CC(=O)O)cc1. The van der Waals surface area contributed by atoms with Gasteiger partial charge in [0.15, 0.2) is 0 Å². The molecule has 3 nitrogen and oxygen atoms in total. The fourth-order valence-corrected chi connectivity index (χ4v) is 1.89. The maximum atomic E-state index is 10.4. The van der Waals surface area contributed by atoms with E-state index in [4.69, 9.17) is 9.84 Å². The summed E-state index contributed by atoms with van der Waals surface area (Å²) in [5.74, 6) is 0.636. The van der Waals surface area contributed by atoms with Crippen LogP contribution in [-0.2, 0) is 4.79 Å². The van der Waals surface area contributed by atoms with Gasteiger partial charge in [-0.25, -0.2) is 4.79 Å². The molecule has 0 aromatic heterocycles. The molecule has 0 radical (unpaired) electrons. The summed E-state index contributed by atoms with van der Waals surface area (Å²) < 4.78 is 5.88. The van der Waals surface area contributed by atoms with Gasteiger partial charge in [-0.2, -0.15) is 0 Å². The highest BCUT2D eigenvalue weighted by atomic mass is 16.5. The first-order valence-corrected chi connectivity index (χ1v) is 6.31. The van der Waals surface area contributed by atoms with Gasteiger partial charge < -0.3 is 9.84 Å². The average Bonchev–Trinajstić information content (AvgIpc) is 2.42. The van der Waals surface area contributed by atoms with Crippen molar-refractivity contribution < 1.29 is 14.6 Å². The maximum Gasteiger partial charge on any atom is 0.328 e. The van der Waals surface area contributed by atoms with Crippen LogP contribution in [-0.4, -0.2) is 11.1 Å². The second-order valence-corrected chi connectivity index (χ2v) is 4.56. The molecule has 2 aromatic carbocycles. The highest BCUT2D eigenvalue weighted by Gasteiger charge is 2.04. The van der Waals surface area contributed by atoms with Crippen LogP contribution in [0.3, 0.4) is 0 Å². The van der Waals surface area contributed by atoms with Gasteiger partial charge in [-0.1, -0.05) is 30.3 Å². The topological polar surface area (TPSA) is 46.5 Å². The molecule has 1 N–H and O–H groups in total. The molecule has 0 saturated heterocycles. The molecule has 0 aliphatic heterocycles. The van der Waals surface area contributed by atoms with Gasteiger partial charge in [-0.15, -0.1) is 0 Å². The molecule has 2 aromatic rings. The van der Waals surface area contributed by atoms with Crippen LogP contribution < -0.4 is 4.74 Å². The second-order valence-electron chi connectivity index (χ2n) is 4.56. The lowest BCUT2D eigenvalue weighted by atomic mass is 10.1. The normalized spacial score (nSPS) is 10.7. The summed E-state index contributed by atoms with van der Waals surface area (Å²) in [5.41, 5.74) is 2.99. The van der Waals surface area contributed by atoms with E-state index in [0.29, 0.717) is 0 Å². The van der Waals surface area contributed by atoms with Crippen molar-refractivity contribution in [2.24, 2.45) is 0 Å². The number of carboxylic acids is 1. The lowest BCUT2D eigenvalue weighted by Gasteiger charge is -2.11. The number of ether oxygens (including phenoxy) is 1. The van der Waals surface area contributed by atoms with Crippen molar-refractivity contribution in [3.8, 4) is 11.5 Å². The Hall–Kier alpha value is -2.55. The van der Waals surface area contributed by atoms with Crippen LogP contribution in [0.25, 0.3) is 6.08 Å². The smallest absolute Gasteiger partial charge is 0.328 e. The molecule has 20 heavy (non-hydrogen) atoms. The zero-order valence-electron chi connectivity index (χ0n) is 11.5. The van der Waals surface area contributed by atoms with Crippen molar-refractivity contribution in [2.45, 2.75) is 13.8 Å². The van der Waals surface area contributed by atoms with Gasteiger partial charge >= 0.3 is 5.97 Å². The molecule has 0 atom stereocenters. The van der Waals surface area contributed by atoms with Gasteiger partial charge in [-0.05, 0) is 48.7 Å². The van der Waals surface area contributed by atoms with Crippen LogP contribution in [0.2, 0.25) is 0 Å². The van der Waals surface area contributed by atoms with E-state index >= 15 is 0 Å². The average molecular weight is 268 g/mol. The number of rotatable bonds is 4. The zero-order chi connectivity index (χ0) is 14.5. The van der Waals surface area contributed by atoms with E-state index in [2.05, 4.69) is 0 Å². The molecule has 0 saturated carbocycles. The minimum absolute atomic E-state index is 0.731. The fourth-order valence-electron chi connectivity index (χ4n) is 1.89. The zero-order valence-corrected chi connectivity index (χ0v) is 11.5. The van der Waals surface area contributed by atoms with Crippen LogP contribution in [0, 0.1) is 13.8 Å². The number of carboxylic acid groups (broad SMARTS) is 1. The summed E-state index contributed by atoms with van der Waals surface area (Å²) >= 11 is 0. The van der Waals surface area contributed by atoms with Crippen molar-refractivity contribution >= 4 is 12.0 Å². The number of aliphatic carboxylic acids is 1. The van der Waals surface area contributed by atoms with E-state index < -0.39 is 5.97 Å². The van der Waals surface area contributed by atoms with Gasteiger partial charge in [0.05, 0.1) is 0 Å². The van der Waals surface area contributed by atoms with Gasteiger partial charge in [0.2, 0.25) is 0 Å². The fraction of sp³-hybridized carbons (Fsp3) is 0.118. The van der Waals surface area contributed by atoms with Gasteiger partial charge in [0.1, 0.15) is 11.5 Å². The molecule has 0 fully saturated rings. The Morgan fingerprint density at radius 2 is 1.65 bits per heavy atom. The van der Waals surface area contributed by atoms with Gasteiger partial charge in [0, 0.05) is 6.08 Å². The van der Waals surface area contributed by atoms with Crippen LogP contribution in [0.5, 0.6) is 11.5 Å². The van der Waals surface area contributed by atoms with E-state index in [0.717, 1.165) is 34.3 Å². The Labute approximate surface area is 118 Å². The summed E-state index contributed by atoms with van der Waals surface area (Å²) in [6.07, 6.45) is 2.66. The molecule has 3 heteroatoms. The molecule has 2 rings (SSSR count). The minimum Gasteiger partial charge on any atom is -0.478 e. The Kier molecular flexibility index (Phi) is 4.20. The predicted octanol–water partition coefficient (Wildman–Crippen LogP) is 4.19. The number of benzene rings is 2. The summed E-state index contributed by atoms with van der Waals surface area (Å²) in [6, 6.07) is 13.3. The molecule has 102 valence electrons. The third-order valence-electron chi connectivity index (χ3n) is 2.93. The lowest BCUT2D eigenvalue weighted by Crippen LogP contribution is -1.90. The summed E-state index contributed by atoms with van der Waals surface area (Å²) in [5, 5.41) is 8.57. The van der Waals surface area contributed by atoms with Crippen LogP contribution >= 0.6 is 0 Å². The summed E-state index contributed by atoms with van der Waals surface area (Å²) in [6.45, 7) is 4.01. The maximum absolute atomic E-state index is 10.4. The van der Waals surface area contributed by atoms with E-state index in [1.807, 2.05) is 56.3 Å². The van der Waals surface area contributed by atoms with E-state index in [1.165, 1.54) is 0 Å². The standard InChI is InChI=1S/C17H16O3/c1-12-4-3-5-13(2)17(12)20-15-9-6-14(7-10-15)8-11-16(18)19/h3-11H,1-2H3,(H,18,19). The van der Waals surface area contributed by atoms with E-state index in [9.17, 15) is 4.79 Å². The summed E-state index contributed by atoms with van der Waals surface area (Å²) in [7, 11) is 0. The highest BCUT2D eigenvalue weighted by Crippen LogP contribution is 2.28. The molecule has 0 heterocycles. The molecular formula is C17H16O3. The van der Waals surface area contributed by atoms with Crippen molar-refractivity contribution in [3.63, 3.8) is 0 Å². The third-order valence-corrected chi connectivity index (χ3v) is 2.93. The van der Waals surface area contributed by atoms with Crippen LogP contribution in [0.1, 0.15) is 16.7 Å². The number of hydrogen-bond donors (Lipinski definition) is 1. The second kappa shape index (κ2) is 6.06. The predicted molar refractivity (Wildman–Crippen MR) is 79.1 cm³/mol. The number of hydrogen-bond acceptors (Lipinski definition) is 2. The minimum atomic E-state index is -0.958. The largest absolute Gasteiger partial charge is 0.478 e. The first-order valence-electron chi connectivity index (χ1n) is 6.31. The molecule has 0 unspecified atom stereocenters. The van der Waals surface area contributed by atoms with E-state index in [1.54, 1.807) is 6.08 Å². The quantitative estimate of drug-likeness (QED) is 0.845. The van der Waals surface area contributed by atoms with Crippen LogP contribution in [0.4, 0.5) is 0 Å². The Balaban J connectivity index is 2.17. The van der Waals surface area contributed by atoms with Crippen molar-refractivity contribution in [3.05, 3.63) is 65.2 Å². The number of carbonyl (C=O) groups is 1. The molecule has 0 spiro atoms. The summed E-state index contributed by atoms with van der Waals surface area (Å²) in [4.78, 5) is 10.4. The molecule has 0 aliphatic rings. The van der Waals surface area contributed by atoms with Crippen LogP contribution in [0.15, 0.2) is 48.5 Å². The van der Waals surface area contributed by atoms with E-state index in [-0.39, 0.29) is 0 Å². The lowest BCUT2D eigenvalue weighted by molar-refractivity contribution is -0.131. The first kappa shape index (κ1) is 13.9. The Morgan fingerprint density at radius 3 is 2.20 bits per heavy atom.